The summed E-state index contributed by atoms with van der Waals surface area (Å²) in [5.41, 5.74) is 5.36. The smallest absolute Gasteiger partial charge is 0.321 e. The van der Waals surface area contributed by atoms with Crippen LogP contribution < -0.4 is 5.43 Å². The number of methoxy groups -OCH3 is 1. The molecular formula is C18H16N4O2S. The van der Waals surface area contributed by atoms with E-state index in [1.807, 2.05) is 65.3 Å². The number of carbonyl (C=O) groups excluding carboxylic acids is 1. The van der Waals surface area contributed by atoms with Gasteiger partial charge in [-0.2, -0.15) is 0 Å². The molecule has 7 heteroatoms. The van der Waals surface area contributed by atoms with Crippen LogP contribution in [0.25, 0.3) is 11.4 Å². The molecule has 25 heavy (non-hydrogen) atoms. The molecular weight excluding hydrogens is 336 g/mol. The molecule has 126 valence electrons. The molecule has 1 aromatic heterocycles. The van der Waals surface area contributed by atoms with Crippen molar-refractivity contribution in [2.75, 3.05) is 12.5 Å². The Labute approximate surface area is 149 Å². The Morgan fingerprint density at radius 3 is 2.44 bits per heavy atom. The molecule has 4 rings (SSSR count). The fourth-order valence-corrected chi connectivity index (χ4v) is 3.94. The van der Waals surface area contributed by atoms with Crippen LogP contribution in [0.5, 0.6) is 0 Å². The molecule has 6 nitrogen and oxygen atoms in total. The Hall–Kier alpha value is -2.80. The quantitative estimate of drug-likeness (QED) is 0.731. The standard InChI is InChI=1S/C18H16N4O2S/c1-24-17(23)15-14(12-8-4-2-5-9-12)21-22-16(19-20-18(22)25-15)13-10-6-3-7-11-13/h2-11,14-15,21H,1H3. The first kappa shape index (κ1) is 15.7. The van der Waals surface area contributed by atoms with Crippen LogP contribution in [-0.4, -0.2) is 33.2 Å². The molecule has 0 spiro atoms. The second kappa shape index (κ2) is 6.60. The topological polar surface area (TPSA) is 69.0 Å². The molecule has 1 N–H and O–H groups in total. The molecule has 1 aliphatic rings. The number of hydrogen-bond acceptors (Lipinski definition) is 6. The number of hydrogen-bond donors (Lipinski definition) is 1. The number of thioether (sulfide) groups is 1. The predicted octanol–water partition coefficient (Wildman–Crippen LogP) is 2.88. The third-order valence-corrected chi connectivity index (χ3v) is 5.25. The summed E-state index contributed by atoms with van der Waals surface area (Å²) in [5.74, 6) is 0.425. The molecule has 2 unspecified atom stereocenters. The van der Waals surface area contributed by atoms with Gasteiger partial charge in [-0.15, -0.1) is 10.2 Å². The number of benzene rings is 2. The number of rotatable bonds is 3. The van der Waals surface area contributed by atoms with Crippen molar-refractivity contribution < 1.29 is 9.53 Å². The number of esters is 1. The van der Waals surface area contributed by atoms with Gasteiger partial charge in [-0.1, -0.05) is 72.4 Å². The number of ether oxygens (including phenoxy) is 1. The molecule has 2 atom stereocenters. The van der Waals surface area contributed by atoms with Gasteiger partial charge < -0.3 is 10.2 Å². The maximum absolute atomic E-state index is 12.3. The molecule has 0 bridgehead atoms. The van der Waals surface area contributed by atoms with E-state index >= 15 is 0 Å². The summed E-state index contributed by atoms with van der Waals surface area (Å²) in [6.45, 7) is 0. The van der Waals surface area contributed by atoms with Crippen molar-refractivity contribution in [3.05, 3.63) is 66.2 Å². The van der Waals surface area contributed by atoms with Gasteiger partial charge in [-0.25, -0.2) is 4.68 Å². The van der Waals surface area contributed by atoms with Gasteiger partial charge in [0.1, 0.15) is 5.25 Å². The Bertz CT molecular complexity index is 883. The first-order valence-corrected chi connectivity index (χ1v) is 8.72. The van der Waals surface area contributed by atoms with E-state index in [0.29, 0.717) is 11.0 Å². The normalized spacial score (nSPS) is 18.9. The van der Waals surface area contributed by atoms with E-state index in [1.165, 1.54) is 18.9 Å². The van der Waals surface area contributed by atoms with Crippen molar-refractivity contribution in [2.45, 2.75) is 16.4 Å². The average Bonchev–Trinajstić information content (AvgIpc) is 3.10. The minimum atomic E-state index is -0.437. The summed E-state index contributed by atoms with van der Waals surface area (Å²) >= 11 is 1.36. The highest BCUT2D eigenvalue weighted by Crippen LogP contribution is 2.38. The Kier molecular flexibility index (Phi) is 4.15. The van der Waals surface area contributed by atoms with Gasteiger partial charge in [0.05, 0.1) is 13.2 Å². The fraction of sp³-hybridized carbons (Fsp3) is 0.167. The van der Waals surface area contributed by atoms with E-state index < -0.39 is 5.25 Å². The SMILES string of the molecule is COC(=O)C1Sc2nnc(-c3ccccc3)n2NC1c1ccccc1. The zero-order valence-electron chi connectivity index (χ0n) is 13.5. The van der Waals surface area contributed by atoms with Crippen LogP contribution in [0.1, 0.15) is 11.6 Å². The lowest BCUT2D eigenvalue weighted by atomic mass is 10.0. The summed E-state index contributed by atoms with van der Waals surface area (Å²) in [6.07, 6.45) is 0. The van der Waals surface area contributed by atoms with Crippen LogP contribution in [-0.2, 0) is 9.53 Å². The molecule has 2 heterocycles. The van der Waals surface area contributed by atoms with Crippen LogP contribution in [0.15, 0.2) is 65.8 Å². The lowest BCUT2D eigenvalue weighted by Crippen LogP contribution is -2.39. The Balaban J connectivity index is 1.77. The number of aromatic nitrogens is 3. The third kappa shape index (κ3) is 2.87. The third-order valence-electron chi connectivity index (χ3n) is 4.06. The highest BCUT2D eigenvalue weighted by Gasteiger charge is 2.38. The summed E-state index contributed by atoms with van der Waals surface area (Å²) in [4.78, 5) is 12.3. The lowest BCUT2D eigenvalue weighted by molar-refractivity contribution is -0.140. The highest BCUT2D eigenvalue weighted by atomic mass is 32.2. The monoisotopic (exact) mass is 352 g/mol. The van der Waals surface area contributed by atoms with E-state index in [0.717, 1.165) is 11.1 Å². The minimum Gasteiger partial charge on any atom is -0.468 e. The Morgan fingerprint density at radius 2 is 1.76 bits per heavy atom. The van der Waals surface area contributed by atoms with Gasteiger partial charge in [0, 0.05) is 5.56 Å². The van der Waals surface area contributed by atoms with Gasteiger partial charge in [-0.05, 0) is 5.56 Å². The number of nitrogens with one attached hydrogen (secondary N) is 1. The highest BCUT2D eigenvalue weighted by molar-refractivity contribution is 8.00. The molecule has 0 saturated heterocycles. The van der Waals surface area contributed by atoms with E-state index in [4.69, 9.17) is 4.74 Å². The largest absolute Gasteiger partial charge is 0.468 e. The first-order chi connectivity index (χ1) is 12.3. The maximum Gasteiger partial charge on any atom is 0.321 e. The van der Waals surface area contributed by atoms with Crippen molar-refractivity contribution >= 4 is 17.7 Å². The molecule has 0 aliphatic carbocycles. The lowest BCUT2D eigenvalue weighted by Gasteiger charge is -2.32. The molecule has 3 aromatic rings. The minimum absolute atomic E-state index is 0.246. The summed E-state index contributed by atoms with van der Waals surface area (Å²) in [6, 6.07) is 19.4. The van der Waals surface area contributed by atoms with Crippen LogP contribution in [0, 0.1) is 0 Å². The van der Waals surface area contributed by atoms with Crippen LogP contribution in [0.2, 0.25) is 0 Å². The summed E-state index contributed by atoms with van der Waals surface area (Å²) in [5, 5.41) is 8.73. The second-order valence-electron chi connectivity index (χ2n) is 5.59. The van der Waals surface area contributed by atoms with Crippen molar-refractivity contribution in [1.29, 1.82) is 0 Å². The first-order valence-electron chi connectivity index (χ1n) is 7.85. The van der Waals surface area contributed by atoms with Gasteiger partial charge in [0.15, 0.2) is 5.82 Å². The zero-order valence-corrected chi connectivity index (χ0v) is 14.3. The van der Waals surface area contributed by atoms with Crippen LogP contribution in [0.3, 0.4) is 0 Å². The molecule has 0 amide bonds. The van der Waals surface area contributed by atoms with E-state index in [1.54, 1.807) is 0 Å². The second-order valence-corrected chi connectivity index (χ2v) is 6.70. The van der Waals surface area contributed by atoms with Gasteiger partial charge >= 0.3 is 5.97 Å². The number of fused-ring (bicyclic) bond motifs is 1. The molecule has 1 aliphatic heterocycles. The molecule has 0 fully saturated rings. The number of nitrogens with zero attached hydrogens (tertiary/aromatic N) is 3. The van der Waals surface area contributed by atoms with Crippen molar-refractivity contribution in [1.82, 2.24) is 14.9 Å². The van der Waals surface area contributed by atoms with Gasteiger partial charge in [0.2, 0.25) is 5.16 Å². The van der Waals surface area contributed by atoms with Crippen LogP contribution in [0.4, 0.5) is 0 Å². The fourth-order valence-electron chi connectivity index (χ4n) is 2.84. The zero-order chi connectivity index (χ0) is 17.2. The van der Waals surface area contributed by atoms with E-state index in [-0.39, 0.29) is 12.0 Å². The van der Waals surface area contributed by atoms with E-state index in [2.05, 4.69) is 15.6 Å². The van der Waals surface area contributed by atoms with Crippen molar-refractivity contribution in [3.8, 4) is 11.4 Å². The summed E-state index contributed by atoms with van der Waals surface area (Å²) < 4.78 is 6.84. The van der Waals surface area contributed by atoms with E-state index in [9.17, 15) is 4.79 Å². The average molecular weight is 352 g/mol. The van der Waals surface area contributed by atoms with Gasteiger partial charge in [0.25, 0.3) is 0 Å². The predicted molar refractivity (Wildman–Crippen MR) is 95.7 cm³/mol. The summed E-state index contributed by atoms with van der Waals surface area (Å²) in [7, 11) is 1.40. The number of carbonyl (C=O) groups is 1. The Morgan fingerprint density at radius 1 is 1.08 bits per heavy atom. The van der Waals surface area contributed by atoms with Gasteiger partial charge in [-0.3, -0.25) is 4.79 Å². The molecule has 0 saturated carbocycles. The molecule has 2 aromatic carbocycles. The maximum atomic E-state index is 12.3. The van der Waals surface area contributed by atoms with Crippen LogP contribution >= 0.6 is 11.8 Å². The van der Waals surface area contributed by atoms with Crippen molar-refractivity contribution in [2.24, 2.45) is 0 Å². The van der Waals surface area contributed by atoms with Crippen molar-refractivity contribution in [3.63, 3.8) is 0 Å². The molecule has 0 radical (unpaired) electrons.